The third kappa shape index (κ3) is 2.90. The van der Waals surface area contributed by atoms with Gasteiger partial charge in [-0.15, -0.1) is 0 Å². The summed E-state index contributed by atoms with van der Waals surface area (Å²) in [6.45, 7) is 1.65. The van der Waals surface area contributed by atoms with Crippen molar-refractivity contribution >= 4 is 31.6 Å². The van der Waals surface area contributed by atoms with Crippen LogP contribution < -0.4 is 4.72 Å². The molecule has 0 amide bonds. The van der Waals surface area contributed by atoms with Crippen LogP contribution in [0.15, 0.2) is 51.8 Å². The molecule has 0 saturated heterocycles. The van der Waals surface area contributed by atoms with Crippen molar-refractivity contribution in [3.63, 3.8) is 0 Å². The van der Waals surface area contributed by atoms with Crippen LogP contribution in [0.2, 0.25) is 0 Å². The van der Waals surface area contributed by atoms with E-state index in [1.54, 1.807) is 37.3 Å². The Hall–Kier alpha value is -1.53. The van der Waals surface area contributed by atoms with Crippen LogP contribution in [0.1, 0.15) is 5.56 Å². The van der Waals surface area contributed by atoms with E-state index in [0.717, 1.165) is 0 Å². The Morgan fingerprint density at radius 1 is 1.11 bits per heavy atom. The molecule has 4 nitrogen and oxygen atoms in total. The van der Waals surface area contributed by atoms with E-state index in [1.165, 1.54) is 12.1 Å². The first-order valence-corrected chi connectivity index (χ1v) is 7.75. The zero-order valence-corrected chi connectivity index (χ0v) is 12.5. The number of rotatable bonds is 3. The van der Waals surface area contributed by atoms with E-state index >= 15 is 0 Å². The van der Waals surface area contributed by atoms with Gasteiger partial charge in [0.05, 0.1) is 5.69 Å². The van der Waals surface area contributed by atoms with Crippen molar-refractivity contribution in [2.24, 2.45) is 0 Å². The van der Waals surface area contributed by atoms with Gasteiger partial charge in [0.25, 0.3) is 10.0 Å². The van der Waals surface area contributed by atoms with Crippen molar-refractivity contribution in [3.05, 3.63) is 52.5 Å². The molecule has 0 saturated carbocycles. The molecule has 0 heterocycles. The highest BCUT2D eigenvalue weighted by molar-refractivity contribution is 9.10. The second kappa shape index (κ2) is 5.22. The quantitative estimate of drug-likeness (QED) is 0.900. The van der Waals surface area contributed by atoms with Gasteiger partial charge < -0.3 is 5.11 Å². The average molecular weight is 342 g/mol. The molecule has 0 aliphatic carbocycles. The Morgan fingerprint density at radius 3 is 2.47 bits per heavy atom. The van der Waals surface area contributed by atoms with Crippen molar-refractivity contribution in [3.8, 4) is 5.75 Å². The molecule has 0 aliphatic rings. The molecule has 2 rings (SSSR count). The summed E-state index contributed by atoms with van der Waals surface area (Å²) in [7, 11) is -3.69. The minimum atomic E-state index is -3.69. The number of phenolic OH excluding ortho intramolecular Hbond substituents is 1. The van der Waals surface area contributed by atoms with Gasteiger partial charge in [-0.2, -0.15) is 0 Å². The van der Waals surface area contributed by atoms with E-state index in [2.05, 4.69) is 20.7 Å². The van der Waals surface area contributed by atoms with Crippen LogP contribution in [0.4, 0.5) is 5.69 Å². The summed E-state index contributed by atoms with van der Waals surface area (Å²) >= 11 is 3.21. The molecule has 2 N–H and O–H groups in total. The van der Waals surface area contributed by atoms with Gasteiger partial charge in [-0.1, -0.05) is 18.2 Å². The van der Waals surface area contributed by atoms with Crippen molar-refractivity contribution in [2.75, 3.05) is 4.72 Å². The Labute approximate surface area is 120 Å². The number of hydrogen-bond donors (Lipinski definition) is 2. The molecule has 0 atom stereocenters. The van der Waals surface area contributed by atoms with E-state index in [0.29, 0.717) is 15.7 Å². The van der Waals surface area contributed by atoms with Crippen LogP contribution in [0.25, 0.3) is 0 Å². The lowest BCUT2D eigenvalue weighted by molar-refractivity contribution is 0.471. The van der Waals surface area contributed by atoms with Crippen molar-refractivity contribution in [2.45, 2.75) is 11.8 Å². The second-order valence-corrected chi connectivity index (χ2v) is 6.49. The number of nitrogens with one attached hydrogen (secondary N) is 1. The molecule has 0 unspecified atom stereocenters. The predicted molar refractivity (Wildman–Crippen MR) is 77.8 cm³/mol. The Bertz CT molecular complexity index is 714. The SMILES string of the molecule is Cc1c(O)cccc1NS(=O)(=O)c1ccccc1Br. The molecule has 19 heavy (non-hydrogen) atoms. The molecule has 2 aromatic carbocycles. The summed E-state index contributed by atoms with van der Waals surface area (Å²) in [5.74, 6) is 0.0485. The maximum absolute atomic E-state index is 12.3. The van der Waals surface area contributed by atoms with E-state index in [4.69, 9.17) is 0 Å². The van der Waals surface area contributed by atoms with Gasteiger partial charge in [-0.05, 0) is 47.1 Å². The van der Waals surface area contributed by atoms with Crippen molar-refractivity contribution in [1.29, 1.82) is 0 Å². The molecule has 0 spiro atoms. The summed E-state index contributed by atoms with van der Waals surface area (Å²) in [5.41, 5.74) is 0.842. The first kappa shape index (κ1) is 13.9. The summed E-state index contributed by atoms with van der Waals surface area (Å²) in [6.07, 6.45) is 0. The standard InChI is InChI=1S/C13H12BrNO3S/c1-9-11(6-4-7-12(9)16)15-19(17,18)13-8-3-2-5-10(13)14/h2-8,15-16H,1H3. The van der Waals surface area contributed by atoms with Crippen molar-refractivity contribution < 1.29 is 13.5 Å². The zero-order valence-electron chi connectivity index (χ0n) is 10.1. The lowest BCUT2D eigenvalue weighted by atomic mass is 10.2. The van der Waals surface area contributed by atoms with E-state index in [9.17, 15) is 13.5 Å². The first-order chi connectivity index (χ1) is 8.92. The summed E-state index contributed by atoms with van der Waals surface area (Å²) in [4.78, 5) is 0.151. The Morgan fingerprint density at radius 2 is 1.79 bits per heavy atom. The number of benzene rings is 2. The van der Waals surface area contributed by atoms with Crippen LogP contribution >= 0.6 is 15.9 Å². The van der Waals surface area contributed by atoms with Gasteiger partial charge in [-0.25, -0.2) is 8.42 Å². The number of sulfonamides is 1. The van der Waals surface area contributed by atoms with Crippen LogP contribution in [0, 0.1) is 6.92 Å². The zero-order chi connectivity index (χ0) is 14.0. The third-order valence-corrected chi connectivity index (χ3v) is 5.05. The van der Waals surface area contributed by atoms with Crippen LogP contribution in [0.3, 0.4) is 0 Å². The summed E-state index contributed by atoms with van der Waals surface area (Å²) in [5, 5.41) is 9.58. The van der Waals surface area contributed by atoms with Crippen molar-refractivity contribution in [1.82, 2.24) is 0 Å². The van der Waals surface area contributed by atoms with Crippen LogP contribution in [0.5, 0.6) is 5.75 Å². The molecular formula is C13H12BrNO3S. The number of phenols is 1. The molecule has 0 aliphatic heterocycles. The third-order valence-electron chi connectivity index (χ3n) is 2.68. The van der Waals surface area contributed by atoms with Gasteiger partial charge in [0, 0.05) is 10.0 Å². The lowest BCUT2D eigenvalue weighted by Gasteiger charge is -2.12. The van der Waals surface area contributed by atoms with Gasteiger partial charge in [0.2, 0.25) is 0 Å². The normalized spacial score (nSPS) is 11.3. The Kier molecular flexibility index (Phi) is 3.82. The van der Waals surface area contributed by atoms with Gasteiger partial charge >= 0.3 is 0 Å². The lowest BCUT2D eigenvalue weighted by Crippen LogP contribution is -2.14. The maximum atomic E-state index is 12.3. The summed E-state index contributed by atoms with van der Waals surface area (Å²) in [6, 6.07) is 11.2. The average Bonchev–Trinajstić information content (AvgIpc) is 2.35. The number of halogens is 1. The van der Waals surface area contributed by atoms with E-state index < -0.39 is 10.0 Å². The first-order valence-electron chi connectivity index (χ1n) is 5.48. The number of anilines is 1. The van der Waals surface area contributed by atoms with Gasteiger partial charge in [0.15, 0.2) is 0 Å². The maximum Gasteiger partial charge on any atom is 0.263 e. The highest BCUT2D eigenvalue weighted by atomic mass is 79.9. The minimum absolute atomic E-state index is 0.0485. The fourth-order valence-electron chi connectivity index (χ4n) is 1.60. The topological polar surface area (TPSA) is 66.4 Å². The highest BCUT2D eigenvalue weighted by Gasteiger charge is 2.18. The predicted octanol–water partition coefficient (Wildman–Crippen LogP) is 3.26. The fourth-order valence-corrected chi connectivity index (χ4v) is 3.72. The van der Waals surface area contributed by atoms with Crippen LogP contribution in [-0.4, -0.2) is 13.5 Å². The molecule has 2 aromatic rings. The summed E-state index contributed by atoms with van der Waals surface area (Å²) < 4.78 is 27.5. The molecular weight excluding hydrogens is 330 g/mol. The molecule has 0 radical (unpaired) electrons. The second-order valence-electron chi connectivity index (χ2n) is 3.99. The highest BCUT2D eigenvalue weighted by Crippen LogP contribution is 2.28. The minimum Gasteiger partial charge on any atom is -0.508 e. The molecule has 0 bridgehead atoms. The molecule has 0 fully saturated rings. The number of hydrogen-bond acceptors (Lipinski definition) is 3. The van der Waals surface area contributed by atoms with Gasteiger partial charge in [-0.3, -0.25) is 4.72 Å². The largest absolute Gasteiger partial charge is 0.508 e. The van der Waals surface area contributed by atoms with Crippen LogP contribution in [-0.2, 0) is 10.0 Å². The smallest absolute Gasteiger partial charge is 0.263 e. The van der Waals surface area contributed by atoms with E-state index in [-0.39, 0.29) is 10.6 Å². The molecule has 0 aromatic heterocycles. The molecule has 6 heteroatoms. The van der Waals surface area contributed by atoms with E-state index in [1.807, 2.05) is 0 Å². The monoisotopic (exact) mass is 341 g/mol. The number of aromatic hydroxyl groups is 1. The van der Waals surface area contributed by atoms with Gasteiger partial charge in [0.1, 0.15) is 10.6 Å². The fraction of sp³-hybridized carbons (Fsp3) is 0.0769. The molecule has 100 valence electrons. The Balaban J connectivity index is 2.43.